The van der Waals surface area contributed by atoms with Gasteiger partial charge in [0.05, 0.1) is 0 Å². The Morgan fingerprint density at radius 3 is 1.81 bits per heavy atom. The molecule has 0 N–H and O–H groups in total. The Bertz CT molecular complexity index is 252. The first kappa shape index (κ1) is 20.8. The van der Waals surface area contributed by atoms with Crippen LogP contribution in [0.15, 0.2) is 12.2 Å². The maximum absolute atomic E-state index is 10.9. The molecular formula is C18H33O2Zn. The molecule has 0 saturated carbocycles. The Balaban J connectivity index is 3.10. The second kappa shape index (κ2) is 17.9. The molecule has 0 aliphatic rings. The minimum atomic E-state index is -0.0207. The van der Waals surface area contributed by atoms with Gasteiger partial charge < -0.3 is 0 Å². The predicted octanol–water partition coefficient (Wildman–Crippen LogP) is 6.03. The van der Waals surface area contributed by atoms with Gasteiger partial charge in [-0.25, -0.2) is 0 Å². The molecule has 0 aliphatic carbocycles. The fourth-order valence-electron chi connectivity index (χ4n) is 2.41. The summed E-state index contributed by atoms with van der Waals surface area (Å²) in [5.74, 6) is -0.0207. The van der Waals surface area contributed by atoms with Gasteiger partial charge in [-0.2, -0.15) is 0 Å². The van der Waals surface area contributed by atoms with Crippen LogP contribution in [0.25, 0.3) is 0 Å². The summed E-state index contributed by atoms with van der Waals surface area (Å²) in [5.41, 5.74) is 0. The van der Waals surface area contributed by atoms with E-state index in [1.807, 2.05) is 0 Å². The zero-order chi connectivity index (χ0) is 15.6. The molecule has 0 radical (unpaired) electrons. The van der Waals surface area contributed by atoms with Crippen molar-refractivity contribution in [2.24, 2.45) is 0 Å². The molecule has 2 nitrogen and oxygen atoms in total. The van der Waals surface area contributed by atoms with Gasteiger partial charge in [-0.1, -0.05) is 39.0 Å². The van der Waals surface area contributed by atoms with E-state index in [4.69, 9.17) is 3.56 Å². The first-order chi connectivity index (χ1) is 10.3. The van der Waals surface area contributed by atoms with Crippen LogP contribution < -0.4 is 0 Å². The van der Waals surface area contributed by atoms with Crippen LogP contribution in [0.3, 0.4) is 0 Å². The molecule has 0 rings (SSSR count). The topological polar surface area (TPSA) is 26.3 Å². The number of hydrogen-bond acceptors (Lipinski definition) is 2. The Hall–Kier alpha value is -0.167. The third kappa shape index (κ3) is 17.8. The van der Waals surface area contributed by atoms with Crippen molar-refractivity contribution in [2.45, 2.75) is 96.8 Å². The second-order valence-corrected chi connectivity index (χ2v) is 6.46. The van der Waals surface area contributed by atoms with Crippen molar-refractivity contribution in [1.82, 2.24) is 0 Å². The van der Waals surface area contributed by atoms with Gasteiger partial charge in [0, 0.05) is 0 Å². The third-order valence-electron chi connectivity index (χ3n) is 3.80. The van der Waals surface area contributed by atoms with Gasteiger partial charge in [-0.3, -0.25) is 0 Å². The van der Waals surface area contributed by atoms with Gasteiger partial charge in [0.25, 0.3) is 0 Å². The summed E-state index contributed by atoms with van der Waals surface area (Å²) in [6.07, 6.45) is 22.1. The molecule has 0 saturated heterocycles. The average molecular weight is 347 g/mol. The van der Waals surface area contributed by atoms with E-state index in [0.717, 1.165) is 12.8 Å². The van der Waals surface area contributed by atoms with E-state index < -0.39 is 0 Å². The molecule has 3 heteroatoms. The van der Waals surface area contributed by atoms with Crippen LogP contribution in [-0.2, 0) is 27.0 Å². The summed E-state index contributed by atoms with van der Waals surface area (Å²) in [5, 5.41) is 0. The molecule has 0 aromatic heterocycles. The first-order valence-corrected chi connectivity index (χ1v) is 10.1. The molecule has 0 atom stereocenters. The van der Waals surface area contributed by atoms with Gasteiger partial charge in [0.15, 0.2) is 0 Å². The summed E-state index contributed by atoms with van der Waals surface area (Å²) < 4.78 is 4.75. The minimum absolute atomic E-state index is 0.0207. The fourth-order valence-corrected chi connectivity index (χ4v) is 2.72. The summed E-state index contributed by atoms with van der Waals surface area (Å²) >= 11 is 0.629. The molecule has 119 valence electrons. The van der Waals surface area contributed by atoms with Crippen LogP contribution in [0, 0.1) is 0 Å². The summed E-state index contributed by atoms with van der Waals surface area (Å²) in [6.45, 7) is 2.27. The van der Waals surface area contributed by atoms with Gasteiger partial charge >= 0.3 is 96.5 Å². The zero-order valence-corrected chi connectivity index (χ0v) is 17.0. The van der Waals surface area contributed by atoms with Gasteiger partial charge in [0.2, 0.25) is 0 Å². The summed E-state index contributed by atoms with van der Waals surface area (Å²) in [7, 11) is 0. The van der Waals surface area contributed by atoms with Crippen LogP contribution in [0.4, 0.5) is 0 Å². The van der Waals surface area contributed by atoms with Crippen LogP contribution in [0.1, 0.15) is 96.8 Å². The molecular weight excluding hydrogens is 314 g/mol. The SMILES string of the molecule is CCCCCCCC/C=C\CCCCCCCC(=O)[O][Zn]. The van der Waals surface area contributed by atoms with Crippen LogP contribution in [-0.4, -0.2) is 5.97 Å². The Kier molecular flexibility index (Phi) is 17.7. The van der Waals surface area contributed by atoms with Crippen molar-refractivity contribution in [3.63, 3.8) is 0 Å². The number of unbranched alkanes of at least 4 members (excludes halogenated alkanes) is 11. The molecule has 0 aromatic carbocycles. The predicted molar refractivity (Wildman–Crippen MR) is 85.5 cm³/mol. The second-order valence-electron chi connectivity index (χ2n) is 5.85. The molecule has 0 bridgehead atoms. The van der Waals surface area contributed by atoms with Gasteiger partial charge in [0.1, 0.15) is 0 Å². The summed E-state index contributed by atoms with van der Waals surface area (Å²) in [4.78, 5) is 10.9. The summed E-state index contributed by atoms with van der Waals surface area (Å²) in [6, 6.07) is 0. The van der Waals surface area contributed by atoms with E-state index in [9.17, 15) is 4.79 Å². The number of rotatable bonds is 15. The molecule has 21 heavy (non-hydrogen) atoms. The number of carbonyl (C=O) groups excluding carboxylic acids is 1. The van der Waals surface area contributed by atoms with Crippen molar-refractivity contribution in [1.29, 1.82) is 0 Å². The van der Waals surface area contributed by atoms with E-state index in [2.05, 4.69) is 19.1 Å². The van der Waals surface area contributed by atoms with Crippen molar-refractivity contribution in [2.75, 3.05) is 0 Å². The normalized spacial score (nSPS) is 11.2. The van der Waals surface area contributed by atoms with E-state index in [1.165, 1.54) is 70.6 Å². The zero-order valence-electron chi connectivity index (χ0n) is 14.1. The third-order valence-corrected chi connectivity index (χ3v) is 4.48. The van der Waals surface area contributed by atoms with Crippen molar-refractivity contribution < 1.29 is 27.0 Å². The van der Waals surface area contributed by atoms with Crippen LogP contribution >= 0.6 is 0 Å². The van der Waals surface area contributed by atoms with Gasteiger partial charge in [-0.15, -0.1) is 0 Å². The average Bonchev–Trinajstić information content (AvgIpc) is 2.50. The van der Waals surface area contributed by atoms with E-state index >= 15 is 0 Å². The standard InChI is InChI=1S/C18H34O2.Zn/c1-2-3-4-5-6-7-8-9-10-11-12-13-14-15-16-17-18(19)20;/h9-10H,2-8,11-17H2,1H3,(H,19,20);/q;+1/p-1/b10-9-;. The molecule has 0 aromatic rings. The van der Waals surface area contributed by atoms with Gasteiger partial charge in [-0.05, 0) is 6.42 Å². The maximum atomic E-state index is 10.9. The monoisotopic (exact) mass is 345 g/mol. The number of carbonyl (C=O) groups is 1. The van der Waals surface area contributed by atoms with Crippen molar-refractivity contribution >= 4 is 5.97 Å². The molecule has 0 unspecified atom stereocenters. The molecule has 0 amide bonds. The number of hydrogen-bond donors (Lipinski definition) is 0. The molecule has 0 fully saturated rings. The van der Waals surface area contributed by atoms with E-state index in [0.29, 0.717) is 25.1 Å². The Morgan fingerprint density at radius 2 is 1.29 bits per heavy atom. The molecule has 0 heterocycles. The van der Waals surface area contributed by atoms with Crippen LogP contribution in [0.5, 0.6) is 0 Å². The van der Waals surface area contributed by atoms with E-state index in [1.54, 1.807) is 0 Å². The molecule has 0 aliphatic heterocycles. The molecule has 0 spiro atoms. The number of allylic oxidation sites excluding steroid dienone is 2. The Morgan fingerprint density at radius 1 is 0.810 bits per heavy atom. The van der Waals surface area contributed by atoms with Crippen molar-refractivity contribution in [3.05, 3.63) is 12.2 Å². The van der Waals surface area contributed by atoms with E-state index in [-0.39, 0.29) is 5.97 Å². The Labute approximate surface area is 142 Å². The fraction of sp³-hybridized carbons (Fsp3) is 0.833. The first-order valence-electron chi connectivity index (χ1n) is 8.91. The van der Waals surface area contributed by atoms with Crippen molar-refractivity contribution in [3.8, 4) is 0 Å². The quantitative estimate of drug-likeness (QED) is 0.205. The van der Waals surface area contributed by atoms with Crippen LogP contribution in [0.2, 0.25) is 0 Å².